The van der Waals surface area contributed by atoms with Gasteiger partial charge in [-0.1, -0.05) is 23.4 Å². The van der Waals surface area contributed by atoms with Gasteiger partial charge < -0.3 is 15.3 Å². The van der Waals surface area contributed by atoms with E-state index in [-0.39, 0.29) is 12.6 Å². The number of carboxylic acid groups (broad SMARTS) is 1. The van der Waals surface area contributed by atoms with E-state index in [4.69, 9.17) is 4.98 Å². The highest BCUT2D eigenvalue weighted by atomic mass is 19.4. The fourth-order valence-corrected chi connectivity index (χ4v) is 5.65. The van der Waals surface area contributed by atoms with Gasteiger partial charge in [-0.3, -0.25) is 9.80 Å². The number of carbonyl (C=O) groups is 2. The molecule has 2 aliphatic heterocycles. The maximum absolute atomic E-state index is 13.8. The number of anilines is 3. The molecule has 45 heavy (non-hydrogen) atoms. The van der Waals surface area contributed by atoms with Crippen molar-refractivity contribution in [1.29, 1.82) is 0 Å². The lowest BCUT2D eigenvalue weighted by atomic mass is 10.1. The van der Waals surface area contributed by atoms with Gasteiger partial charge in [0, 0.05) is 29.9 Å². The zero-order valence-electron chi connectivity index (χ0n) is 24.8. The Morgan fingerprint density at radius 2 is 1.84 bits per heavy atom. The van der Waals surface area contributed by atoms with Gasteiger partial charge >= 0.3 is 18.3 Å². The predicted octanol–water partition coefficient (Wildman–Crippen LogP) is 6.26. The molecule has 14 heteroatoms. The van der Waals surface area contributed by atoms with Crippen LogP contribution in [-0.2, 0) is 12.7 Å². The number of pyridine rings is 1. The molecule has 4 aromatic rings. The minimum Gasteiger partial charge on any atom is -0.465 e. The zero-order valence-corrected chi connectivity index (χ0v) is 24.8. The van der Waals surface area contributed by atoms with E-state index >= 15 is 0 Å². The van der Waals surface area contributed by atoms with Gasteiger partial charge in [-0.05, 0) is 69.7 Å². The van der Waals surface area contributed by atoms with Crippen LogP contribution in [0.1, 0.15) is 38.4 Å². The molecule has 0 aliphatic carbocycles. The number of urea groups is 1. The average molecular weight is 621 g/mol. The van der Waals surface area contributed by atoms with Crippen molar-refractivity contribution < 1.29 is 27.9 Å². The number of hydrogen-bond acceptors (Lipinski definition) is 6. The summed E-state index contributed by atoms with van der Waals surface area (Å²) >= 11 is 0. The summed E-state index contributed by atoms with van der Waals surface area (Å²) in [5, 5.41) is 20.8. The third-order valence-corrected chi connectivity index (χ3v) is 7.92. The second kappa shape index (κ2) is 11.1. The standard InChI is InChI=1S/C31H31F3N8O3/c1-30(2,3)40(29(44)45)16-22-17-41(38-37-22)23-9-5-8-21(15-23)35-28(43)42-24-12-13-39(18-24)26-11-10-25(36-27(26)42)19-6-4-7-20(14-19)31(32,33)34/h4-11,14-15,17,24H,12-13,16,18H2,1-3H3,(H,35,43)(H,44,45)/t24-/m0/s1. The Labute approximate surface area is 256 Å². The van der Waals surface area contributed by atoms with E-state index in [9.17, 15) is 27.9 Å². The van der Waals surface area contributed by atoms with Crippen LogP contribution >= 0.6 is 0 Å². The summed E-state index contributed by atoms with van der Waals surface area (Å²) in [6, 6.07) is 14.8. The van der Waals surface area contributed by atoms with E-state index in [0.29, 0.717) is 47.1 Å². The first-order valence-corrected chi connectivity index (χ1v) is 14.3. The van der Waals surface area contributed by atoms with Crippen molar-refractivity contribution in [2.75, 3.05) is 28.2 Å². The van der Waals surface area contributed by atoms with Crippen LogP contribution in [0.5, 0.6) is 0 Å². The first-order valence-electron chi connectivity index (χ1n) is 14.3. The number of aromatic nitrogens is 4. The van der Waals surface area contributed by atoms with Crippen LogP contribution in [0.3, 0.4) is 0 Å². The van der Waals surface area contributed by atoms with Crippen molar-refractivity contribution in [2.24, 2.45) is 0 Å². The van der Waals surface area contributed by atoms with Gasteiger partial charge in [0.05, 0.1) is 41.4 Å². The van der Waals surface area contributed by atoms with Crippen LogP contribution in [0.15, 0.2) is 66.9 Å². The quantitative estimate of drug-likeness (QED) is 0.270. The van der Waals surface area contributed by atoms with Crippen molar-refractivity contribution in [2.45, 2.75) is 51.5 Å². The number of hydrogen-bond donors (Lipinski definition) is 2. The SMILES string of the molecule is CC(C)(C)N(Cc1cn(-c2cccc(NC(=O)N3c4nc(-c5cccc(C(F)(F)F)c5)ccc4N4CC[C@H]3C4)c2)nn1)C(=O)O. The molecule has 2 aromatic carbocycles. The molecular formula is C31H31F3N8O3. The number of benzene rings is 2. The summed E-state index contributed by atoms with van der Waals surface area (Å²) < 4.78 is 41.6. The Bertz CT molecular complexity index is 1770. The van der Waals surface area contributed by atoms with Crippen LogP contribution in [0.4, 0.5) is 40.0 Å². The lowest BCUT2D eigenvalue weighted by Crippen LogP contribution is -2.48. The Kier molecular flexibility index (Phi) is 7.37. The van der Waals surface area contributed by atoms with Gasteiger partial charge in [0.25, 0.3) is 0 Å². The van der Waals surface area contributed by atoms with E-state index in [2.05, 4.69) is 20.5 Å². The van der Waals surface area contributed by atoms with Gasteiger partial charge in [-0.25, -0.2) is 19.3 Å². The number of alkyl halides is 3. The highest BCUT2D eigenvalue weighted by Gasteiger charge is 2.40. The van der Waals surface area contributed by atoms with Crippen molar-refractivity contribution in [3.05, 3.63) is 78.1 Å². The van der Waals surface area contributed by atoms with Crippen molar-refractivity contribution >= 4 is 29.3 Å². The molecule has 1 fully saturated rings. The number of carbonyl (C=O) groups excluding carboxylic acids is 1. The Morgan fingerprint density at radius 3 is 2.58 bits per heavy atom. The van der Waals surface area contributed by atoms with Crippen LogP contribution in [-0.4, -0.2) is 66.8 Å². The number of nitrogens with one attached hydrogen (secondary N) is 1. The van der Waals surface area contributed by atoms with E-state index in [1.165, 1.54) is 15.6 Å². The summed E-state index contributed by atoms with van der Waals surface area (Å²) in [7, 11) is 0. The first-order chi connectivity index (χ1) is 21.3. The zero-order chi connectivity index (χ0) is 32.1. The minimum atomic E-state index is -4.49. The molecule has 2 aromatic heterocycles. The van der Waals surface area contributed by atoms with Crippen molar-refractivity contribution in [1.82, 2.24) is 24.9 Å². The molecule has 1 atom stereocenters. The van der Waals surface area contributed by atoms with Gasteiger partial charge in [-0.15, -0.1) is 5.10 Å². The third-order valence-electron chi connectivity index (χ3n) is 7.92. The predicted molar refractivity (Wildman–Crippen MR) is 161 cm³/mol. The molecular weight excluding hydrogens is 589 g/mol. The van der Waals surface area contributed by atoms with E-state index in [1.54, 1.807) is 74.3 Å². The molecule has 0 spiro atoms. The van der Waals surface area contributed by atoms with Crippen LogP contribution in [0.25, 0.3) is 16.9 Å². The number of amides is 3. The summed E-state index contributed by atoms with van der Waals surface area (Å²) in [6.07, 6.45) is -3.21. The van der Waals surface area contributed by atoms with Crippen molar-refractivity contribution in [3.63, 3.8) is 0 Å². The van der Waals surface area contributed by atoms with Gasteiger partial charge in [0.1, 0.15) is 5.69 Å². The van der Waals surface area contributed by atoms with Gasteiger partial charge in [0.2, 0.25) is 0 Å². The van der Waals surface area contributed by atoms with Crippen LogP contribution < -0.4 is 15.1 Å². The molecule has 1 saturated heterocycles. The Balaban J connectivity index is 1.25. The lowest BCUT2D eigenvalue weighted by molar-refractivity contribution is -0.137. The number of fused-ring (bicyclic) bond motifs is 4. The molecule has 3 amide bonds. The maximum Gasteiger partial charge on any atom is 0.416 e. The maximum atomic E-state index is 13.8. The average Bonchev–Trinajstić information content (AvgIpc) is 3.63. The molecule has 2 N–H and O–H groups in total. The molecule has 2 bridgehead atoms. The molecule has 11 nitrogen and oxygen atoms in total. The fraction of sp³-hybridized carbons (Fsp3) is 0.323. The van der Waals surface area contributed by atoms with E-state index in [1.807, 2.05) is 0 Å². The van der Waals surface area contributed by atoms with Crippen LogP contribution in [0, 0.1) is 0 Å². The highest BCUT2D eigenvalue weighted by Crippen LogP contribution is 2.41. The van der Waals surface area contributed by atoms with Crippen molar-refractivity contribution in [3.8, 4) is 16.9 Å². The fourth-order valence-electron chi connectivity index (χ4n) is 5.65. The van der Waals surface area contributed by atoms with Gasteiger partial charge in [-0.2, -0.15) is 13.2 Å². The molecule has 0 saturated carbocycles. The number of halogens is 3. The number of rotatable bonds is 5. The molecule has 0 unspecified atom stereocenters. The summed E-state index contributed by atoms with van der Waals surface area (Å²) in [5.74, 6) is 0.384. The minimum absolute atomic E-state index is 0.0531. The Hall–Kier alpha value is -5.14. The van der Waals surface area contributed by atoms with Gasteiger partial charge in [0.15, 0.2) is 5.82 Å². The summed E-state index contributed by atoms with van der Waals surface area (Å²) in [6.45, 7) is 6.78. The number of nitrogens with zero attached hydrogens (tertiary/aromatic N) is 7. The largest absolute Gasteiger partial charge is 0.465 e. The van der Waals surface area contributed by atoms with E-state index < -0.39 is 29.4 Å². The molecule has 4 heterocycles. The third kappa shape index (κ3) is 5.99. The monoisotopic (exact) mass is 620 g/mol. The normalized spacial score (nSPS) is 16.0. The molecule has 0 radical (unpaired) electrons. The second-order valence-electron chi connectivity index (χ2n) is 12.1. The Morgan fingerprint density at radius 1 is 1.07 bits per heavy atom. The molecule has 6 rings (SSSR count). The summed E-state index contributed by atoms with van der Waals surface area (Å²) in [4.78, 5) is 35.2. The molecule has 234 valence electrons. The summed E-state index contributed by atoms with van der Waals surface area (Å²) in [5.41, 5.74) is 1.50. The smallest absolute Gasteiger partial charge is 0.416 e. The highest BCUT2D eigenvalue weighted by molar-refractivity contribution is 6.05. The van der Waals surface area contributed by atoms with Crippen LogP contribution in [0.2, 0.25) is 0 Å². The second-order valence-corrected chi connectivity index (χ2v) is 12.1. The first kappa shape index (κ1) is 29.9. The molecule has 2 aliphatic rings. The lowest BCUT2D eigenvalue weighted by Gasteiger charge is -2.36. The topological polar surface area (TPSA) is 120 Å². The van der Waals surface area contributed by atoms with E-state index in [0.717, 1.165) is 24.4 Å².